The van der Waals surface area contributed by atoms with Crippen molar-refractivity contribution in [3.63, 3.8) is 0 Å². The summed E-state index contributed by atoms with van der Waals surface area (Å²) in [7, 11) is 0. The number of hydrogen-bond donors (Lipinski definition) is 2. The molecule has 0 atom stereocenters. The molecule has 0 unspecified atom stereocenters. The Morgan fingerprint density at radius 1 is 1.00 bits per heavy atom. The maximum atomic E-state index is 13.0. The first-order valence-electron chi connectivity index (χ1n) is 9.83. The van der Waals surface area contributed by atoms with Crippen molar-refractivity contribution in [3.8, 4) is 5.75 Å². The monoisotopic (exact) mass is 458 g/mol. The average molecular weight is 458 g/mol. The van der Waals surface area contributed by atoms with E-state index >= 15 is 0 Å². The van der Waals surface area contributed by atoms with Gasteiger partial charge < -0.3 is 15.4 Å². The standard InChI is InChI=1S/C22H20F2N4O3S/c23-15-3-1-14(2-4-15)9-25-20(29)10-28-22(18-12-32-13-19(18)27-28)26-21(30)11-31-17-7-5-16(24)6-8-17/h1-8H,9-13H2,(H,25,29)(H,26,30). The predicted octanol–water partition coefficient (Wildman–Crippen LogP) is 3.24. The maximum absolute atomic E-state index is 13.0. The minimum absolute atomic E-state index is 0.0761. The van der Waals surface area contributed by atoms with Crippen LogP contribution in [-0.4, -0.2) is 28.2 Å². The fourth-order valence-electron chi connectivity index (χ4n) is 3.16. The van der Waals surface area contributed by atoms with Gasteiger partial charge in [0, 0.05) is 23.6 Å². The lowest BCUT2D eigenvalue weighted by molar-refractivity contribution is -0.122. The fourth-order valence-corrected chi connectivity index (χ4v) is 4.20. The summed E-state index contributed by atoms with van der Waals surface area (Å²) in [6.45, 7) is -0.0913. The van der Waals surface area contributed by atoms with Crippen LogP contribution < -0.4 is 15.4 Å². The highest BCUT2D eigenvalue weighted by Crippen LogP contribution is 2.34. The Labute approximate surface area is 187 Å². The molecule has 0 spiro atoms. The summed E-state index contributed by atoms with van der Waals surface area (Å²) in [4.78, 5) is 24.9. The molecule has 0 aliphatic carbocycles. The van der Waals surface area contributed by atoms with Crippen LogP contribution in [-0.2, 0) is 34.2 Å². The molecule has 1 aliphatic heterocycles. The molecule has 0 radical (unpaired) electrons. The smallest absolute Gasteiger partial charge is 0.263 e. The lowest BCUT2D eigenvalue weighted by atomic mass is 10.2. The minimum Gasteiger partial charge on any atom is -0.484 e. The van der Waals surface area contributed by atoms with Crippen molar-refractivity contribution >= 4 is 29.4 Å². The van der Waals surface area contributed by atoms with Crippen molar-refractivity contribution in [1.82, 2.24) is 15.1 Å². The Balaban J connectivity index is 1.37. The lowest BCUT2D eigenvalue weighted by Crippen LogP contribution is -2.29. The first kappa shape index (κ1) is 21.8. The second kappa shape index (κ2) is 9.82. The Hall–Kier alpha value is -3.40. The van der Waals surface area contributed by atoms with Crippen molar-refractivity contribution in [2.24, 2.45) is 0 Å². The number of rotatable bonds is 8. The van der Waals surface area contributed by atoms with Gasteiger partial charge >= 0.3 is 0 Å². The van der Waals surface area contributed by atoms with Crippen molar-refractivity contribution in [2.75, 3.05) is 11.9 Å². The minimum atomic E-state index is -0.415. The van der Waals surface area contributed by atoms with E-state index in [1.165, 1.54) is 41.1 Å². The number of aromatic nitrogens is 2. The second-order valence-electron chi connectivity index (χ2n) is 7.12. The molecule has 0 saturated carbocycles. The van der Waals surface area contributed by atoms with Gasteiger partial charge in [0.1, 0.15) is 29.7 Å². The van der Waals surface area contributed by atoms with Crippen LogP contribution in [0.15, 0.2) is 48.5 Å². The van der Waals surface area contributed by atoms with Gasteiger partial charge in [0.25, 0.3) is 5.91 Å². The van der Waals surface area contributed by atoms with E-state index in [1.54, 1.807) is 23.9 Å². The number of hydrogen-bond acceptors (Lipinski definition) is 5. The second-order valence-corrected chi connectivity index (χ2v) is 8.10. The molecule has 32 heavy (non-hydrogen) atoms. The van der Waals surface area contributed by atoms with Crippen molar-refractivity contribution < 1.29 is 23.1 Å². The van der Waals surface area contributed by atoms with Gasteiger partial charge in [0.2, 0.25) is 5.91 Å². The summed E-state index contributed by atoms with van der Waals surface area (Å²) in [6.07, 6.45) is 0. The molecule has 166 valence electrons. The van der Waals surface area contributed by atoms with Crippen LogP contribution in [0.3, 0.4) is 0 Å². The summed E-state index contributed by atoms with van der Waals surface area (Å²) in [5.41, 5.74) is 2.48. The van der Waals surface area contributed by atoms with Crippen molar-refractivity contribution in [1.29, 1.82) is 0 Å². The first-order valence-corrected chi connectivity index (χ1v) is 11.0. The molecule has 10 heteroatoms. The van der Waals surface area contributed by atoms with Gasteiger partial charge in [0.05, 0.1) is 5.69 Å². The first-order chi connectivity index (χ1) is 15.5. The number of carbonyl (C=O) groups excluding carboxylic acids is 2. The van der Waals surface area contributed by atoms with Crippen LogP contribution in [0.4, 0.5) is 14.6 Å². The van der Waals surface area contributed by atoms with E-state index in [0.29, 0.717) is 23.1 Å². The normalized spacial score (nSPS) is 12.3. The number of anilines is 1. The number of benzene rings is 2. The van der Waals surface area contributed by atoms with E-state index in [4.69, 9.17) is 4.74 Å². The molecule has 3 aromatic rings. The van der Waals surface area contributed by atoms with Crippen LogP contribution in [0.2, 0.25) is 0 Å². The third-order valence-corrected chi connectivity index (χ3v) is 5.73. The molecular weight excluding hydrogens is 438 g/mol. The summed E-state index contributed by atoms with van der Waals surface area (Å²) < 4.78 is 32.9. The highest BCUT2D eigenvalue weighted by molar-refractivity contribution is 7.98. The quantitative estimate of drug-likeness (QED) is 0.541. The van der Waals surface area contributed by atoms with E-state index in [9.17, 15) is 18.4 Å². The maximum Gasteiger partial charge on any atom is 0.263 e. The topological polar surface area (TPSA) is 85.2 Å². The Morgan fingerprint density at radius 3 is 2.41 bits per heavy atom. The number of halogens is 2. The van der Waals surface area contributed by atoms with Gasteiger partial charge in [-0.1, -0.05) is 12.1 Å². The van der Waals surface area contributed by atoms with Gasteiger partial charge in [-0.15, -0.1) is 0 Å². The zero-order chi connectivity index (χ0) is 22.5. The summed E-state index contributed by atoms with van der Waals surface area (Å²) in [6, 6.07) is 11.2. The van der Waals surface area contributed by atoms with E-state index in [1.807, 2.05) is 0 Å². The van der Waals surface area contributed by atoms with Gasteiger partial charge in [-0.3, -0.25) is 9.59 Å². The zero-order valence-electron chi connectivity index (χ0n) is 16.9. The van der Waals surface area contributed by atoms with Crippen molar-refractivity contribution in [2.45, 2.75) is 24.6 Å². The fraction of sp³-hybridized carbons (Fsp3) is 0.227. The molecule has 4 rings (SSSR count). The Bertz CT molecular complexity index is 1120. The molecule has 2 N–H and O–H groups in total. The highest BCUT2D eigenvalue weighted by atomic mass is 32.2. The molecule has 2 aromatic carbocycles. The molecule has 0 fully saturated rings. The number of ether oxygens (including phenoxy) is 1. The van der Waals surface area contributed by atoms with Crippen LogP contribution in [0, 0.1) is 11.6 Å². The van der Waals surface area contributed by atoms with Gasteiger partial charge in [-0.05, 0) is 42.0 Å². The van der Waals surface area contributed by atoms with Crippen LogP contribution in [0.5, 0.6) is 5.75 Å². The number of nitrogens with zero attached hydrogens (tertiary/aromatic N) is 2. The largest absolute Gasteiger partial charge is 0.484 e. The number of thioether (sulfide) groups is 1. The van der Waals surface area contributed by atoms with Crippen LogP contribution >= 0.6 is 11.8 Å². The molecule has 0 bridgehead atoms. The molecule has 0 saturated heterocycles. The molecule has 1 aliphatic rings. The Kier molecular flexibility index (Phi) is 6.69. The SMILES string of the molecule is O=C(Cn1nc2c(c1NC(=O)COc1ccc(F)cc1)CSC2)NCc1ccc(F)cc1. The molecule has 2 heterocycles. The lowest BCUT2D eigenvalue weighted by Gasteiger charge is -2.12. The molecular formula is C22H20F2N4O3S. The van der Waals surface area contributed by atoms with E-state index in [0.717, 1.165) is 16.8 Å². The summed E-state index contributed by atoms with van der Waals surface area (Å²) in [5.74, 6) is 0.785. The third kappa shape index (κ3) is 5.44. The van der Waals surface area contributed by atoms with Crippen LogP contribution in [0.1, 0.15) is 16.8 Å². The molecule has 7 nitrogen and oxygen atoms in total. The third-order valence-electron chi connectivity index (χ3n) is 4.76. The van der Waals surface area contributed by atoms with E-state index < -0.39 is 11.7 Å². The van der Waals surface area contributed by atoms with Gasteiger partial charge in [0.15, 0.2) is 6.61 Å². The Morgan fingerprint density at radius 2 is 1.69 bits per heavy atom. The van der Waals surface area contributed by atoms with E-state index in [-0.39, 0.29) is 31.4 Å². The summed E-state index contributed by atoms with van der Waals surface area (Å²) in [5, 5.41) is 10.0. The van der Waals surface area contributed by atoms with Crippen LogP contribution in [0.25, 0.3) is 0 Å². The van der Waals surface area contributed by atoms with Crippen molar-refractivity contribution in [3.05, 3.63) is 77.0 Å². The number of carbonyl (C=O) groups is 2. The highest BCUT2D eigenvalue weighted by Gasteiger charge is 2.25. The number of nitrogens with one attached hydrogen (secondary N) is 2. The van der Waals surface area contributed by atoms with Gasteiger partial charge in [-0.25, -0.2) is 13.5 Å². The van der Waals surface area contributed by atoms with Gasteiger partial charge in [-0.2, -0.15) is 16.9 Å². The number of fused-ring (bicyclic) bond motifs is 1. The molecule has 2 amide bonds. The summed E-state index contributed by atoms with van der Waals surface area (Å²) >= 11 is 1.67. The zero-order valence-corrected chi connectivity index (χ0v) is 17.8. The average Bonchev–Trinajstić information content (AvgIpc) is 3.35. The number of amides is 2. The van der Waals surface area contributed by atoms with E-state index in [2.05, 4.69) is 15.7 Å². The predicted molar refractivity (Wildman–Crippen MR) is 116 cm³/mol. The molecule has 1 aromatic heterocycles.